The van der Waals surface area contributed by atoms with Crippen molar-refractivity contribution in [2.24, 2.45) is 0 Å². The Hall–Kier alpha value is -0.650. The van der Waals surface area contributed by atoms with Crippen molar-refractivity contribution in [2.45, 2.75) is 24.7 Å². The molecule has 1 saturated heterocycles. The number of hydrogen-bond donors (Lipinski definition) is 2. The Morgan fingerprint density at radius 2 is 2.33 bits per heavy atom. The van der Waals surface area contributed by atoms with Gasteiger partial charge in [-0.05, 0) is 0 Å². The van der Waals surface area contributed by atoms with Gasteiger partial charge in [0.1, 0.15) is 6.10 Å². The second kappa shape index (κ2) is 3.84. The lowest BCUT2D eigenvalue weighted by Gasteiger charge is -2.30. The van der Waals surface area contributed by atoms with Crippen molar-refractivity contribution < 1.29 is 24.5 Å². The number of hydrogen-bond acceptors (Lipinski definition) is 4. The molecule has 0 bridgehead atoms. The van der Waals surface area contributed by atoms with Gasteiger partial charge in [-0.3, -0.25) is 0 Å². The molecule has 12 heavy (non-hydrogen) atoms. The van der Waals surface area contributed by atoms with Crippen LogP contribution in [0.1, 0.15) is 6.42 Å². The molecular weight excluding hydrogens is 164 g/mol. The predicted molar refractivity (Wildman–Crippen MR) is 38.8 cm³/mol. The third kappa shape index (κ3) is 1.94. The van der Waals surface area contributed by atoms with Crippen LogP contribution in [0, 0.1) is 0 Å². The molecule has 0 saturated carbocycles. The average Bonchev–Trinajstić information content (AvgIpc) is 2.05. The summed E-state index contributed by atoms with van der Waals surface area (Å²) in [7, 11) is 1.44. The van der Waals surface area contributed by atoms with E-state index in [9.17, 15) is 9.90 Å². The minimum atomic E-state index is -1.01. The summed E-state index contributed by atoms with van der Waals surface area (Å²) in [5.41, 5.74) is 0. The number of carboxylic acids is 1. The highest BCUT2D eigenvalue weighted by Gasteiger charge is 2.33. The summed E-state index contributed by atoms with van der Waals surface area (Å²) < 4.78 is 9.74. The first-order chi connectivity index (χ1) is 5.65. The number of aliphatic hydroxyl groups is 1. The van der Waals surface area contributed by atoms with E-state index >= 15 is 0 Å². The van der Waals surface area contributed by atoms with Gasteiger partial charge in [0.05, 0.1) is 12.7 Å². The van der Waals surface area contributed by atoms with E-state index in [4.69, 9.17) is 14.6 Å². The summed E-state index contributed by atoms with van der Waals surface area (Å²) in [6.07, 6.45) is -1.80. The largest absolute Gasteiger partial charge is 0.479 e. The Balaban J connectivity index is 2.49. The van der Waals surface area contributed by atoms with Crippen LogP contribution in [0.15, 0.2) is 0 Å². The van der Waals surface area contributed by atoms with E-state index in [1.165, 1.54) is 7.11 Å². The highest BCUT2D eigenvalue weighted by atomic mass is 16.5. The molecule has 0 radical (unpaired) electrons. The molecule has 1 aliphatic rings. The van der Waals surface area contributed by atoms with E-state index in [0.717, 1.165) is 0 Å². The average molecular weight is 176 g/mol. The normalized spacial score (nSPS) is 36.3. The zero-order valence-electron chi connectivity index (χ0n) is 6.77. The molecule has 1 aliphatic heterocycles. The van der Waals surface area contributed by atoms with Gasteiger partial charge in [0.25, 0.3) is 0 Å². The van der Waals surface area contributed by atoms with Gasteiger partial charge in [0, 0.05) is 13.5 Å². The fraction of sp³-hybridized carbons (Fsp3) is 0.857. The molecule has 3 atom stereocenters. The number of carboxylic acid groups (broad SMARTS) is 1. The molecule has 0 aliphatic carbocycles. The van der Waals surface area contributed by atoms with Crippen molar-refractivity contribution in [1.82, 2.24) is 0 Å². The minimum absolute atomic E-state index is 0.0233. The van der Waals surface area contributed by atoms with Crippen LogP contribution in [0.3, 0.4) is 0 Å². The standard InChI is InChI=1S/C7H12O5/c1-11-5-2-6(7(9)10)12-3-4(5)8/h4-6,8H,2-3H2,1H3,(H,9,10)/t4?,5-,6?/m0/s1. The number of carbonyl (C=O) groups is 1. The second-order valence-corrected chi connectivity index (χ2v) is 2.74. The van der Waals surface area contributed by atoms with Gasteiger partial charge in [-0.2, -0.15) is 0 Å². The Morgan fingerprint density at radius 1 is 1.67 bits per heavy atom. The van der Waals surface area contributed by atoms with E-state index in [1.807, 2.05) is 0 Å². The fourth-order valence-corrected chi connectivity index (χ4v) is 1.18. The Bertz CT molecular complexity index is 169. The number of aliphatic carboxylic acids is 1. The maximum absolute atomic E-state index is 10.5. The fourth-order valence-electron chi connectivity index (χ4n) is 1.18. The lowest BCUT2D eigenvalue weighted by molar-refractivity contribution is -0.171. The van der Waals surface area contributed by atoms with Gasteiger partial charge < -0.3 is 19.7 Å². The smallest absolute Gasteiger partial charge is 0.332 e. The van der Waals surface area contributed by atoms with Gasteiger partial charge in [0.2, 0.25) is 0 Å². The van der Waals surface area contributed by atoms with Crippen LogP contribution in [0.2, 0.25) is 0 Å². The van der Waals surface area contributed by atoms with Crippen LogP contribution in [0.25, 0.3) is 0 Å². The molecule has 1 rings (SSSR count). The Labute approximate surface area is 69.9 Å². The molecule has 0 aromatic heterocycles. The number of rotatable bonds is 2. The molecule has 5 nitrogen and oxygen atoms in total. The number of ether oxygens (including phenoxy) is 2. The zero-order valence-corrected chi connectivity index (χ0v) is 6.77. The molecular formula is C7H12O5. The maximum atomic E-state index is 10.5. The Morgan fingerprint density at radius 3 is 2.83 bits per heavy atom. The van der Waals surface area contributed by atoms with E-state index in [-0.39, 0.29) is 13.0 Å². The first-order valence-corrected chi connectivity index (χ1v) is 3.70. The topological polar surface area (TPSA) is 76.0 Å². The van der Waals surface area contributed by atoms with E-state index < -0.39 is 24.3 Å². The molecule has 0 aromatic carbocycles. The summed E-state index contributed by atoms with van der Waals surface area (Å²) >= 11 is 0. The first-order valence-electron chi connectivity index (χ1n) is 3.70. The van der Waals surface area contributed by atoms with Gasteiger partial charge in [0.15, 0.2) is 6.10 Å². The summed E-state index contributed by atoms with van der Waals surface area (Å²) in [4.78, 5) is 10.5. The molecule has 2 N–H and O–H groups in total. The van der Waals surface area contributed by atoms with Crippen LogP contribution < -0.4 is 0 Å². The van der Waals surface area contributed by atoms with E-state index in [1.54, 1.807) is 0 Å². The monoisotopic (exact) mass is 176 g/mol. The van der Waals surface area contributed by atoms with Crippen molar-refractivity contribution in [2.75, 3.05) is 13.7 Å². The summed E-state index contributed by atoms with van der Waals surface area (Å²) in [6.45, 7) is 0.0233. The maximum Gasteiger partial charge on any atom is 0.332 e. The molecule has 5 heteroatoms. The van der Waals surface area contributed by atoms with Crippen LogP contribution >= 0.6 is 0 Å². The molecule has 0 amide bonds. The highest BCUT2D eigenvalue weighted by molar-refractivity contribution is 5.72. The van der Waals surface area contributed by atoms with E-state index in [2.05, 4.69) is 0 Å². The van der Waals surface area contributed by atoms with E-state index in [0.29, 0.717) is 0 Å². The molecule has 1 heterocycles. The second-order valence-electron chi connectivity index (χ2n) is 2.74. The van der Waals surface area contributed by atoms with Crippen LogP contribution in [0.4, 0.5) is 0 Å². The summed E-state index contributed by atoms with van der Waals surface area (Å²) in [5, 5.41) is 17.8. The highest BCUT2D eigenvalue weighted by Crippen LogP contribution is 2.16. The zero-order chi connectivity index (χ0) is 9.14. The van der Waals surface area contributed by atoms with Gasteiger partial charge >= 0.3 is 5.97 Å². The molecule has 0 aromatic rings. The van der Waals surface area contributed by atoms with Crippen molar-refractivity contribution in [1.29, 1.82) is 0 Å². The van der Waals surface area contributed by atoms with Gasteiger partial charge in [-0.1, -0.05) is 0 Å². The van der Waals surface area contributed by atoms with Crippen molar-refractivity contribution in [3.8, 4) is 0 Å². The lowest BCUT2D eigenvalue weighted by Crippen LogP contribution is -2.45. The third-order valence-corrected chi connectivity index (χ3v) is 1.92. The summed E-state index contributed by atoms with van der Waals surface area (Å²) in [5.74, 6) is -1.01. The predicted octanol–water partition coefficient (Wildman–Crippen LogP) is -0.764. The SMILES string of the molecule is CO[C@H]1CC(C(=O)O)OCC1O. The quantitative estimate of drug-likeness (QED) is 0.578. The van der Waals surface area contributed by atoms with Gasteiger partial charge in [-0.25, -0.2) is 4.79 Å². The van der Waals surface area contributed by atoms with Crippen molar-refractivity contribution in [3.05, 3.63) is 0 Å². The van der Waals surface area contributed by atoms with Crippen LogP contribution in [0.5, 0.6) is 0 Å². The van der Waals surface area contributed by atoms with Crippen molar-refractivity contribution >= 4 is 5.97 Å². The molecule has 2 unspecified atom stereocenters. The van der Waals surface area contributed by atoms with Gasteiger partial charge in [-0.15, -0.1) is 0 Å². The molecule has 0 spiro atoms. The number of methoxy groups -OCH3 is 1. The minimum Gasteiger partial charge on any atom is -0.479 e. The van der Waals surface area contributed by atoms with Crippen molar-refractivity contribution in [3.63, 3.8) is 0 Å². The molecule has 70 valence electrons. The Kier molecular flexibility index (Phi) is 3.02. The molecule has 1 fully saturated rings. The number of aliphatic hydroxyl groups excluding tert-OH is 1. The third-order valence-electron chi connectivity index (χ3n) is 1.92. The van der Waals surface area contributed by atoms with Crippen LogP contribution in [-0.4, -0.2) is 48.2 Å². The summed E-state index contributed by atoms with van der Waals surface area (Å²) in [6, 6.07) is 0. The lowest BCUT2D eigenvalue weighted by atomic mass is 10.0. The van der Waals surface area contributed by atoms with Crippen LogP contribution in [-0.2, 0) is 14.3 Å². The first kappa shape index (κ1) is 9.44.